The Hall–Kier alpha value is -3.42. The van der Waals surface area contributed by atoms with E-state index in [0.29, 0.717) is 37.6 Å². The van der Waals surface area contributed by atoms with Crippen molar-refractivity contribution in [3.63, 3.8) is 0 Å². The number of hydrogen-bond donors (Lipinski definition) is 0. The second-order valence-corrected chi connectivity index (χ2v) is 7.23. The smallest absolute Gasteiger partial charge is 0.247 e. The van der Waals surface area contributed by atoms with E-state index in [1.54, 1.807) is 27.9 Å². The second kappa shape index (κ2) is 8.94. The van der Waals surface area contributed by atoms with E-state index < -0.39 is 6.04 Å². The molecule has 3 aromatic rings. The molecule has 1 aliphatic heterocycles. The first-order valence-corrected chi connectivity index (χ1v) is 9.98. The molecule has 0 aliphatic carbocycles. The molecule has 8 heteroatoms. The van der Waals surface area contributed by atoms with Crippen LogP contribution in [0, 0.1) is 5.82 Å². The van der Waals surface area contributed by atoms with Crippen LogP contribution in [0.1, 0.15) is 18.7 Å². The fraction of sp³-hybridized carbons (Fsp3) is 0.318. The molecule has 1 atom stereocenters. The molecule has 2 aromatic carbocycles. The van der Waals surface area contributed by atoms with E-state index in [2.05, 4.69) is 10.3 Å². The fourth-order valence-electron chi connectivity index (χ4n) is 3.50. The maximum absolute atomic E-state index is 14.0. The number of halogens is 1. The number of hydrogen-bond acceptors (Lipinski definition) is 5. The van der Waals surface area contributed by atoms with Gasteiger partial charge in [-0.05, 0) is 31.2 Å². The Morgan fingerprint density at radius 3 is 2.50 bits per heavy atom. The van der Waals surface area contributed by atoms with Crippen molar-refractivity contribution in [2.75, 3.05) is 31.1 Å². The van der Waals surface area contributed by atoms with Crippen molar-refractivity contribution in [2.45, 2.75) is 19.6 Å². The van der Waals surface area contributed by atoms with Crippen LogP contribution in [0.5, 0.6) is 5.75 Å². The van der Waals surface area contributed by atoms with Gasteiger partial charge in [-0.15, -0.1) is 5.10 Å². The van der Waals surface area contributed by atoms with Crippen molar-refractivity contribution in [1.29, 1.82) is 0 Å². The molecule has 30 heavy (non-hydrogen) atoms. The molecule has 0 radical (unpaired) electrons. The minimum atomic E-state index is -0.469. The lowest BCUT2D eigenvalue weighted by Gasteiger charge is -2.37. The largest absolute Gasteiger partial charge is 0.487 e. The zero-order valence-corrected chi connectivity index (χ0v) is 16.8. The van der Waals surface area contributed by atoms with Crippen LogP contribution in [0.2, 0.25) is 0 Å². The van der Waals surface area contributed by atoms with Crippen molar-refractivity contribution in [2.24, 2.45) is 0 Å². The van der Waals surface area contributed by atoms with Gasteiger partial charge in [0, 0.05) is 26.2 Å². The van der Waals surface area contributed by atoms with Gasteiger partial charge in [-0.3, -0.25) is 4.79 Å². The van der Waals surface area contributed by atoms with Crippen LogP contribution in [-0.2, 0) is 11.4 Å². The number of piperazine rings is 1. The Balaban J connectivity index is 1.32. The first-order chi connectivity index (χ1) is 14.6. The van der Waals surface area contributed by atoms with E-state index in [-0.39, 0.29) is 18.3 Å². The Morgan fingerprint density at radius 2 is 1.77 bits per heavy atom. The third-order valence-corrected chi connectivity index (χ3v) is 5.23. The number of carbonyl (C=O) groups excluding carboxylic acids is 1. The van der Waals surface area contributed by atoms with Crippen LogP contribution in [0.3, 0.4) is 0 Å². The Labute approximate surface area is 174 Å². The summed E-state index contributed by atoms with van der Waals surface area (Å²) in [4.78, 5) is 16.7. The molecule has 0 spiro atoms. The summed E-state index contributed by atoms with van der Waals surface area (Å²) in [6.07, 6.45) is 1.74. The summed E-state index contributed by atoms with van der Waals surface area (Å²) in [6.45, 7) is 4.35. The fourth-order valence-corrected chi connectivity index (χ4v) is 3.50. The van der Waals surface area contributed by atoms with Gasteiger partial charge >= 0.3 is 0 Å². The molecule has 4 rings (SSSR count). The van der Waals surface area contributed by atoms with Crippen LogP contribution >= 0.6 is 0 Å². The number of aromatic nitrogens is 3. The third-order valence-electron chi connectivity index (χ3n) is 5.23. The Bertz CT molecular complexity index is 986. The van der Waals surface area contributed by atoms with Crippen LogP contribution in [0.4, 0.5) is 10.1 Å². The molecular formula is C22H24FN5O2. The summed E-state index contributed by atoms with van der Waals surface area (Å²) in [6, 6.07) is 15.7. The molecule has 1 amide bonds. The van der Waals surface area contributed by atoms with Gasteiger partial charge in [-0.25, -0.2) is 9.07 Å². The monoisotopic (exact) mass is 409 g/mol. The average Bonchev–Trinajstić information content (AvgIpc) is 3.27. The lowest BCUT2D eigenvalue weighted by atomic mass is 10.2. The first-order valence-electron chi connectivity index (χ1n) is 9.98. The van der Waals surface area contributed by atoms with Gasteiger partial charge in [0.05, 0.1) is 11.9 Å². The first kappa shape index (κ1) is 19.9. The summed E-state index contributed by atoms with van der Waals surface area (Å²) in [7, 11) is 0. The van der Waals surface area contributed by atoms with E-state index in [1.807, 2.05) is 48.2 Å². The van der Waals surface area contributed by atoms with Gasteiger partial charge in [0.2, 0.25) is 5.91 Å². The van der Waals surface area contributed by atoms with E-state index in [4.69, 9.17) is 4.74 Å². The SMILES string of the molecule is CC(C(=O)N1CCN(c2ccccc2F)CC1)n1cc(COc2ccccc2)nn1. The zero-order chi connectivity index (χ0) is 20.9. The molecule has 1 aliphatic rings. The van der Waals surface area contributed by atoms with E-state index in [9.17, 15) is 9.18 Å². The molecule has 1 saturated heterocycles. The number of amides is 1. The molecule has 2 heterocycles. The summed E-state index contributed by atoms with van der Waals surface area (Å²) < 4.78 is 21.2. The molecule has 1 fully saturated rings. The predicted octanol–water partition coefficient (Wildman–Crippen LogP) is 2.91. The number of nitrogens with zero attached hydrogens (tertiary/aromatic N) is 5. The lowest BCUT2D eigenvalue weighted by Crippen LogP contribution is -2.50. The van der Waals surface area contributed by atoms with Crippen LogP contribution in [0.25, 0.3) is 0 Å². The van der Waals surface area contributed by atoms with E-state index in [1.165, 1.54) is 6.07 Å². The third kappa shape index (κ3) is 4.42. The van der Waals surface area contributed by atoms with Crippen LogP contribution < -0.4 is 9.64 Å². The molecule has 156 valence electrons. The highest BCUT2D eigenvalue weighted by Gasteiger charge is 2.27. The molecule has 0 N–H and O–H groups in total. The predicted molar refractivity (Wildman–Crippen MR) is 111 cm³/mol. The molecular weight excluding hydrogens is 385 g/mol. The average molecular weight is 409 g/mol. The number of anilines is 1. The minimum Gasteiger partial charge on any atom is -0.487 e. The maximum Gasteiger partial charge on any atom is 0.247 e. The van der Waals surface area contributed by atoms with Gasteiger partial charge < -0.3 is 14.5 Å². The Morgan fingerprint density at radius 1 is 1.07 bits per heavy atom. The lowest BCUT2D eigenvalue weighted by molar-refractivity contribution is -0.134. The van der Waals surface area contributed by atoms with E-state index in [0.717, 1.165) is 5.75 Å². The topological polar surface area (TPSA) is 63.5 Å². The highest BCUT2D eigenvalue weighted by Crippen LogP contribution is 2.21. The van der Waals surface area contributed by atoms with Crippen LogP contribution in [-0.4, -0.2) is 52.0 Å². The van der Waals surface area contributed by atoms with Gasteiger partial charge in [-0.1, -0.05) is 35.5 Å². The highest BCUT2D eigenvalue weighted by atomic mass is 19.1. The number of rotatable bonds is 6. The van der Waals surface area contributed by atoms with Gasteiger partial charge in [0.15, 0.2) is 0 Å². The van der Waals surface area contributed by atoms with Gasteiger partial charge in [-0.2, -0.15) is 0 Å². The molecule has 7 nitrogen and oxygen atoms in total. The molecule has 1 aromatic heterocycles. The molecule has 1 unspecified atom stereocenters. The number of benzene rings is 2. The van der Waals surface area contributed by atoms with Crippen LogP contribution in [0.15, 0.2) is 60.8 Å². The number of ether oxygens (including phenoxy) is 1. The standard InChI is InChI=1S/C22H24FN5O2/c1-17(28-15-18(24-25-28)16-30-19-7-3-2-4-8-19)22(29)27-13-11-26(12-14-27)21-10-6-5-9-20(21)23/h2-10,15,17H,11-14,16H2,1H3. The van der Waals surface area contributed by atoms with Gasteiger partial charge in [0.25, 0.3) is 0 Å². The summed E-state index contributed by atoms with van der Waals surface area (Å²) >= 11 is 0. The quantitative estimate of drug-likeness (QED) is 0.627. The molecule has 0 bridgehead atoms. The van der Waals surface area contributed by atoms with Crippen molar-refractivity contribution < 1.29 is 13.9 Å². The highest BCUT2D eigenvalue weighted by molar-refractivity contribution is 5.80. The van der Waals surface area contributed by atoms with Crippen molar-refractivity contribution >= 4 is 11.6 Å². The van der Waals surface area contributed by atoms with Crippen molar-refractivity contribution in [3.05, 3.63) is 72.3 Å². The van der Waals surface area contributed by atoms with Crippen molar-refractivity contribution in [1.82, 2.24) is 19.9 Å². The van der Waals surface area contributed by atoms with E-state index >= 15 is 0 Å². The summed E-state index contributed by atoms with van der Waals surface area (Å²) in [5, 5.41) is 8.21. The number of para-hydroxylation sites is 2. The van der Waals surface area contributed by atoms with Crippen molar-refractivity contribution in [3.8, 4) is 5.75 Å². The molecule has 0 saturated carbocycles. The summed E-state index contributed by atoms with van der Waals surface area (Å²) in [5.41, 5.74) is 1.24. The maximum atomic E-state index is 14.0. The normalized spacial score (nSPS) is 15.1. The minimum absolute atomic E-state index is 0.0244. The Kier molecular flexibility index (Phi) is 5.92. The number of carbonyl (C=O) groups is 1. The second-order valence-electron chi connectivity index (χ2n) is 7.23. The summed E-state index contributed by atoms with van der Waals surface area (Å²) in [5.74, 6) is 0.492. The van der Waals surface area contributed by atoms with Gasteiger partial charge in [0.1, 0.15) is 29.9 Å². The zero-order valence-electron chi connectivity index (χ0n) is 16.8.